The van der Waals surface area contributed by atoms with Gasteiger partial charge in [-0.3, -0.25) is 0 Å². The summed E-state index contributed by atoms with van der Waals surface area (Å²) in [6, 6.07) is 12.9. The third-order valence-electron chi connectivity index (χ3n) is 5.23. The van der Waals surface area contributed by atoms with Crippen molar-refractivity contribution in [3.05, 3.63) is 59.7 Å². The van der Waals surface area contributed by atoms with Crippen LogP contribution in [0.1, 0.15) is 57.1 Å². The third kappa shape index (κ3) is 3.68. The predicted octanol–water partition coefficient (Wildman–Crippen LogP) is 6.15. The predicted molar refractivity (Wildman–Crippen MR) is 105 cm³/mol. The molecule has 0 N–H and O–H groups in total. The molecule has 2 nitrogen and oxygen atoms in total. The van der Waals surface area contributed by atoms with Crippen molar-refractivity contribution in [2.75, 3.05) is 0 Å². The molecule has 0 radical (unpaired) electrons. The molecule has 0 aliphatic heterocycles. The van der Waals surface area contributed by atoms with E-state index in [4.69, 9.17) is 4.74 Å². The number of esters is 1. The van der Waals surface area contributed by atoms with E-state index in [0.29, 0.717) is 5.57 Å². The summed E-state index contributed by atoms with van der Waals surface area (Å²) in [5.74, 6) is -0.233. The number of rotatable bonds is 3. The van der Waals surface area contributed by atoms with Crippen LogP contribution in [0.25, 0.3) is 22.9 Å². The molecule has 0 spiro atoms. The Balaban J connectivity index is 0.000000146. The highest BCUT2D eigenvalue weighted by Crippen LogP contribution is 2.36. The largest absolute Gasteiger partial charge is 0.456 e. The zero-order chi connectivity index (χ0) is 17.9. The van der Waals surface area contributed by atoms with Gasteiger partial charge in [0.15, 0.2) is 0 Å². The van der Waals surface area contributed by atoms with Crippen molar-refractivity contribution in [3.8, 4) is 0 Å². The summed E-state index contributed by atoms with van der Waals surface area (Å²) in [4.78, 5) is 11.3. The molecule has 0 saturated heterocycles. The Morgan fingerprint density at radius 1 is 1.08 bits per heavy atom. The van der Waals surface area contributed by atoms with Crippen LogP contribution in [-0.2, 0) is 9.53 Å². The van der Waals surface area contributed by atoms with Crippen LogP contribution in [0.2, 0.25) is 0 Å². The average Bonchev–Trinajstić information content (AvgIpc) is 3.25. The molecule has 2 aliphatic rings. The van der Waals surface area contributed by atoms with Crippen LogP contribution >= 0.6 is 0 Å². The monoisotopic (exact) mass is 334 g/mol. The van der Waals surface area contributed by atoms with Crippen LogP contribution in [0.4, 0.5) is 0 Å². The van der Waals surface area contributed by atoms with Crippen LogP contribution in [0.3, 0.4) is 0 Å². The fraction of sp³-hybridized carbons (Fsp3) is 0.348. The maximum absolute atomic E-state index is 11.3. The summed E-state index contributed by atoms with van der Waals surface area (Å²) in [7, 11) is 0. The summed E-state index contributed by atoms with van der Waals surface area (Å²) in [5, 5.41) is 2.75. The number of carbonyl (C=O) groups is 1. The van der Waals surface area contributed by atoms with E-state index in [2.05, 4.69) is 62.1 Å². The summed E-state index contributed by atoms with van der Waals surface area (Å²) in [6.07, 6.45) is 9.67. The Morgan fingerprint density at radius 2 is 1.64 bits per heavy atom. The van der Waals surface area contributed by atoms with E-state index in [-0.39, 0.29) is 11.6 Å². The van der Waals surface area contributed by atoms with Crippen LogP contribution in [-0.4, -0.2) is 11.6 Å². The van der Waals surface area contributed by atoms with Gasteiger partial charge in [-0.05, 0) is 60.9 Å². The number of hydrogen-bond acceptors (Lipinski definition) is 2. The zero-order valence-electron chi connectivity index (χ0n) is 15.2. The highest BCUT2D eigenvalue weighted by Gasteiger charge is 2.35. The van der Waals surface area contributed by atoms with E-state index in [9.17, 15) is 4.79 Å². The summed E-state index contributed by atoms with van der Waals surface area (Å²) in [5.41, 5.74) is 3.03. The topological polar surface area (TPSA) is 26.3 Å². The van der Waals surface area contributed by atoms with Crippen molar-refractivity contribution in [1.82, 2.24) is 0 Å². The lowest BCUT2D eigenvalue weighted by Crippen LogP contribution is -2.31. The van der Waals surface area contributed by atoms with E-state index in [0.717, 1.165) is 19.3 Å². The molecule has 2 aromatic carbocycles. The molecule has 2 aromatic rings. The van der Waals surface area contributed by atoms with E-state index in [1.54, 1.807) is 6.92 Å². The molecule has 1 saturated carbocycles. The highest BCUT2D eigenvalue weighted by atomic mass is 16.6. The van der Waals surface area contributed by atoms with Crippen molar-refractivity contribution in [2.45, 2.75) is 51.6 Å². The van der Waals surface area contributed by atoms with Gasteiger partial charge in [0.2, 0.25) is 0 Å². The maximum Gasteiger partial charge on any atom is 0.333 e. The molecule has 25 heavy (non-hydrogen) atoms. The van der Waals surface area contributed by atoms with E-state index in [1.807, 2.05) is 0 Å². The lowest BCUT2D eigenvalue weighted by atomic mass is 9.99. The van der Waals surface area contributed by atoms with Crippen LogP contribution in [0.5, 0.6) is 0 Å². The number of carbonyl (C=O) groups excluding carboxylic acids is 1. The first-order chi connectivity index (χ1) is 12.0. The van der Waals surface area contributed by atoms with Gasteiger partial charge in [-0.1, -0.05) is 62.1 Å². The van der Waals surface area contributed by atoms with Gasteiger partial charge in [0.25, 0.3) is 0 Å². The molecule has 130 valence electrons. The molecule has 1 fully saturated rings. The van der Waals surface area contributed by atoms with Gasteiger partial charge in [-0.2, -0.15) is 0 Å². The first kappa shape index (κ1) is 17.5. The standard InChI is InChI=1S/C12H8.C11H18O2/c1-3-9-4-2-6-11-8-7-10(5-1)12(9)11;1-4-11(7-5-6-8-11)13-10(12)9(2)3/h1-8H;2,4-8H2,1,3H3. The van der Waals surface area contributed by atoms with E-state index >= 15 is 0 Å². The van der Waals surface area contributed by atoms with E-state index < -0.39 is 0 Å². The van der Waals surface area contributed by atoms with Crippen molar-refractivity contribution in [3.63, 3.8) is 0 Å². The van der Waals surface area contributed by atoms with Gasteiger partial charge in [0.05, 0.1) is 0 Å². The van der Waals surface area contributed by atoms with Crippen molar-refractivity contribution in [1.29, 1.82) is 0 Å². The second-order valence-corrected chi connectivity index (χ2v) is 7.04. The number of ether oxygens (including phenoxy) is 1. The Morgan fingerprint density at radius 3 is 2.12 bits per heavy atom. The zero-order valence-corrected chi connectivity index (χ0v) is 15.2. The van der Waals surface area contributed by atoms with Crippen LogP contribution < -0.4 is 0 Å². The highest BCUT2D eigenvalue weighted by molar-refractivity contribution is 6.04. The van der Waals surface area contributed by atoms with Crippen LogP contribution in [0.15, 0.2) is 48.6 Å². The minimum atomic E-state index is -0.233. The van der Waals surface area contributed by atoms with Gasteiger partial charge < -0.3 is 4.74 Å². The quantitative estimate of drug-likeness (QED) is 0.424. The third-order valence-corrected chi connectivity index (χ3v) is 5.23. The van der Waals surface area contributed by atoms with Crippen molar-refractivity contribution in [2.24, 2.45) is 0 Å². The fourth-order valence-corrected chi connectivity index (χ4v) is 3.69. The van der Waals surface area contributed by atoms with Gasteiger partial charge in [-0.25, -0.2) is 4.79 Å². The van der Waals surface area contributed by atoms with E-state index in [1.165, 1.54) is 34.7 Å². The summed E-state index contributed by atoms with van der Waals surface area (Å²) >= 11 is 0. The van der Waals surface area contributed by atoms with Gasteiger partial charge in [-0.15, -0.1) is 0 Å². The Kier molecular flexibility index (Phi) is 5.08. The van der Waals surface area contributed by atoms with Crippen LogP contribution in [0, 0.1) is 0 Å². The van der Waals surface area contributed by atoms with Gasteiger partial charge in [0, 0.05) is 5.57 Å². The minimum Gasteiger partial charge on any atom is -0.456 e. The molecular formula is C23H26O2. The SMILES string of the molecule is C1=Cc2cccc3cccc1c23.C=C(C)C(=O)OC1(CC)CCCC1. The second kappa shape index (κ2) is 7.26. The molecule has 2 aliphatic carbocycles. The molecule has 0 atom stereocenters. The van der Waals surface area contributed by atoms with Gasteiger partial charge >= 0.3 is 5.97 Å². The minimum absolute atomic E-state index is 0.171. The first-order valence-electron chi connectivity index (χ1n) is 9.13. The number of benzene rings is 2. The Labute approximate surface area is 150 Å². The normalized spacial score (nSPS) is 16.4. The summed E-state index contributed by atoms with van der Waals surface area (Å²) < 4.78 is 5.47. The molecule has 0 unspecified atom stereocenters. The molecular weight excluding hydrogens is 308 g/mol. The molecule has 0 amide bonds. The average molecular weight is 334 g/mol. The molecule has 0 aromatic heterocycles. The maximum atomic E-state index is 11.3. The lowest BCUT2D eigenvalue weighted by molar-refractivity contribution is -0.154. The Hall–Kier alpha value is -2.35. The molecule has 4 rings (SSSR count). The second-order valence-electron chi connectivity index (χ2n) is 7.04. The summed E-state index contributed by atoms with van der Waals surface area (Å²) in [6.45, 7) is 7.36. The number of hydrogen-bond donors (Lipinski definition) is 0. The first-order valence-corrected chi connectivity index (χ1v) is 9.13. The van der Waals surface area contributed by atoms with Crippen molar-refractivity contribution < 1.29 is 9.53 Å². The van der Waals surface area contributed by atoms with Gasteiger partial charge in [0.1, 0.15) is 5.60 Å². The Bertz CT molecular complexity index is 782. The lowest BCUT2D eigenvalue weighted by Gasteiger charge is -2.27. The fourth-order valence-electron chi connectivity index (χ4n) is 3.69. The van der Waals surface area contributed by atoms with Crippen molar-refractivity contribution >= 4 is 28.9 Å². The molecule has 0 heterocycles. The molecule has 0 bridgehead atoms. The molecule has 2 heteroatoms. The smallest absolute Gasteiger partial charge is 0.333 e.